The molecule has 4 heteroatoms. The molecule has 0 unspecified atom stereocenters. The Morgan fingerprint density at radius 3 is 2.35 bits per heavy atom. The van der Waals surface area contributed by atoms with Crippen molar-refractivity contribution in [2.24, 2.45) is 0 Å². The average Bonchev–Trinajstić information content (AvgIpc) is 2.60. The zero-order chi connectivity index (χ0) is 16.8. The summed E-state index contributed by atoms with van der Waals surface area (Å²) in [4.78, 5) is 14.3. The van der Waals surface area contributed by atoms with Crippen LogP contribution in [0.2, 0.25) is 0 Å². The van der Waals surface area contributed by atoms with Gasteiger partial charge in [-0.2, -0.15) is 0 Å². The van der Waals surface area contributed by atoms with Crippen LogP contribution in [0.3, 0.4) is 0 Å². The molecular weight excluding hydrogens is 306 g/mol. The van der Waals surface area contributed by atoms with Gasteiger partial charge in [-0.3, -0.25) is 9.00 Å². The number of hydrogen-bond donors (Lipinski definition) is 0. The summed E-state index contributed by atoms with van der Waals surface area (Å²) in [5.74, 6) is -0.281. The van der Waals surface area contributed by atoms with Crippen LogP contribution in [0.15, 0.2) is 43.0 Å². The van der Waals surface area contributed by atoms with Crippen molar-refractivity contribution >= 4 is 16.7 Å². The number of hydrogen-bond acceptors (Lipinski definition) is 2. The maximum absolute atomic E-state index is 13.2. The van der Waals surface area contributed by atoms with Crippen molar-refractivity contribution < 1.29 is 9.00 Å². The second-order valence-electron chi connectivity index (χ2n) is 6.41. The van der Waals surface area contributed by atoms with Crippen molar-refractivity contribution in [3.63, 3.8) is 0 Å². The van der Waals surface area contributed by atoms with Crippen molar-refractivity contribution in [2.45, 2.75) is 48.5 Å². The fourth-order valence-electron chi connectivity index (χ4n) is 3.27. The summed E-state index contributed by atoms with van der Waals surface area (Å²) < 4.78 is 13.2. The summed E-state index contributed by atoms with van der Waals surface area (Å²) >= 11 is 0. The Morgan fingerprint density at radius 2 is 1.83 bits per heavy atom. The highest BCUT2D eigenvalue weighted by atomic mass is 32.2. The van der Waals surface area contributed by atoms with E-state index in [-0.39, 0.29) is 17.1 Å². The molecule has 2 rings (SSSR count). The van der Waals surface area contributed by atoms with Crippen molar-refractivity contribution in [3.05, 3.63) is 48.6 Å². The first-order chi connectivity index (χ1) is 11.1. The third kappa shape index (κ3) is 4.31. The lowest BCUT2D eigenvalue weighted by Gasteiger charge is -2.31. The minimum absolute atomic E-state index is 0.0670. The zero-order valence-corrected chi connectivity index (χ0v) is 14.9. The normalized spacial score (nSPS) is 19.6. The zero-order valence-electron chi connectivity index (χ0n) is 14.1. The van der Waals surface area contributed by atoms with Crippen LogP contribution >= 0.6 is 0 Å². The highest BCUT2D eigenvalue weighted by Crippen LogP contribution is 2.31. The van der Waals surface area contributed by atoms with E-state index in [0.717, 1.165) is 31.2 Å². The Bertz CT molecular complexity index is 550. The molecule has 0 radical (unpaired) electrons. The van der Waals surface area contributed by atoms with Gasteiger partial charge in [0.1, 0.15) is 5.25 Å². The van der Waals surface area contributed by atoms with Crippen LogP contribution in [0, 0.1) is 0 Å². The maximum Gasteiger partial charge on any atom is 0.238 e. The van der Waals surface area contributed by atoms with Crippen LogP contribution < -0.4 is 0 Å². The Morgan fingerprint density at radius 1 is 1.22 bits per heavy atom. The molecule has 0 bridgehead atoms. The maximum atomic E-state index is 13.2. The van der Waals surface area contributed by atoms with Gasteiger partial charge in [-0.05, 0) is 18.4 Å². The summed E-state index contributed by atoms with van der Waals surface area (Å²) in [6.45, 7) is 3.92. The lowest BCUT2D eigenvalue weighted by atomic mass is 9.95. The van der Waals surface area contributed by atoms with E-state index in [4.69, 9.17) is 0 Å². The number of allylic oxidation sites excluding steroid dienone is 1. The van der Waals surface area contributed by atoms with Crippen LogP contribution in [0.1, 0.15) is 43.6 Å². The van der Waals surface area contributed by atoms with E-state index in [9.17, 15) is 9.00 Å². The van der Waals surface area contributed by atoms with E-state index in [1.807, 2.05) is 30.3 Å². The molecule has 1 aliphatic carbocycles. The minimum Gasteiger partial charge on any atom is -0.348 e. The average molecular weight is 333 g/mol. The number of carbonyl (C=O) groups is 1. The molecule has 1 fully saturated rings. The first kappa shape index (κ1) is 17.9. The van der Waals surface area contributed by atoms with Crippen LogP contribution in [0.25, 0.3) is 0 Å². The molecule has 1 amide bonds. The fourth-order valence-corrected chi connectivity index (χ4v) is 5.45. The molecule has 0 aromatic heterocycles. The van der Waals surface area contributed by atoms with E-state index >= 15 is 0 Å². The summed E-state index contributed by atoms with van der Waals surface area (Å²) in [5, 5.41) is -0.420. The lowest BCUT2D eigenvalue weighted by molar-refractivity contribution is -0.128. The highest BCUT2D eigenvalue weighted by Gasteiger charge is 2.37. The Balaban J connectivity index is 2.34. The largest absolute Gasteiger partial charge is 0.348 e. The third-order valence-electron chi connectivity index (χ3n) is 4.58. The molecule has 1 aromatic carbocycles. The van der Waals surface area contributed by atoms with Crippen molar-refractivity contribution in [1.29, 1.82) is 0 Å². The molecular formula is C19H27NO2S. The monoisotopic (exact) mass is 333 g/mol. The van der Waals surface area contributed by atoms with Gasteiger partial charge in [0.25, 0.3) is 0 Å². The smallest absolute Gasteiger partial charge is 0.238 e. The molecule has 3 nitrogen and oxygen atoms in total. The molecule has 1 aromatic rings. The SMILES string of the molecule is C=C[C@@H](c1ccccc1)[C@@H](C(=O)N(C)C)[S@@](=O)C1CCCCC1. The van der Waals surface area contributed by atoms with Gasteiger partial charge in [0.05, 0.1) is 0 Å². The minimum atomic E-state index is -1.19. The molecule has 126 valence electrons. The first-order valence-corrected chi connectivity index (χ1v) is 9.62. The Hall–Kier alpha value is -1.42. The van der Waals surface area contributed by atoms with Crippen molar-refractivity contribution in [1.82, 2.24) is 4.90 Å². The molecule has 1 saturated carbocycles. The summed E-state index contributed by atoms with van der Waals surface area (Å²) in [5.41, 5.74) is 1.01. The molecule has 0 saturated heterocycles. The number of amides is 1. The Labute approximate surface area is 142 Å². The summed E-state index contributed by atoms with van der Waals surface area (Å²) in [7, 11) is 2.28. The molecule has 0 spiro atoms. The topological polar surface area (TPSA) is 37.4 Å². The quantitative estimate of drug-likeness (QED) is 0.747. The van der Waals surface area contributed by atoms with Gasteiger partial charge in [-0.25, -0.2) is 0 Å². The van der Waals surface area contributed by atoms with E-state index in [0.29, 0.717) is 0 Å². The molecule has 1 aliphatic rings. The van der Waals surface area contributed by atoms with Crippen molar-refractivity contribution in [3.8, 4) is 0 Å². The van der Waals surface area contributed by atoms with Gasteiger partial charge in [-0.15, -0.1) is 6.58 Å². The molecule has 0 N–H and O–H groups in total. The summed E-state index contributed by atoms with van der Waals surface area (Å²) in [6, 6.07) is 9.82. The van der Waals surface area contributed by atoms with E-state index in [1.54, 1.807) is 25.1 Å². The predicted molar refractivity (Wildman–Crippen MR) is 96.9 cm³/mol. The summed E-state index contributed by atoms with van der Waals surface area (Å²) in [6.07, 6.45) is 7.14. The van der Waals surface area contributed by atoms with E-state index in [1.165, 1.54) is 6.42 Å². The van der Waals surface area contributed by atoms with Gasteiger partial charge in [0.15, 0.2) is 0 Å². The van der Waals surface area contributed by atoms with Gasteiger partial charge in [0, 0.05) is 36.1 Å². The predicted octanol–water partition coefficient (Wildman–Crippen LogP) is 3.49. The molecule has 23 heavy (non-hydrogen) atoms. The first-order valence-electron chi connectivity index (χ1n) is 8.34. The lowest BCUT2D eigenvalue weighted by Crippen LogP contribution is -2.43. The van der Waals surface area contributed by atoms with Crippen LogP contribution in [-0.4, -0.2) is 39.6 Å². The number of benzene rings is 1. The highest BCUT2D eigenvalue weighted by molar-refractivity contribution is 7.87. The van der Waals surface area contributed by atoms with Gasteiger partial charge in [0.2, 0.25) is 5.91 Å². The van der Waals surface area contributed by atoms with E-state index in [2.05, 4.69) is 6.58 Å². The molecule has 3 atom stereocenters. The van der Waals surface area contributed by atoms with Gasteiger partial charge in [-0.1, -0.05) is 55.7 Å². The third-order valence-corrected chi connectivity index (χ3v) is 6.70. The van der Waals surface area contributed by atoms with Crippen LogP contribution in [-0.2, 0) is 15.6 Å². The van der Waals surface area contributed by atoms with Crippen molar-refractivity contribution in [2.75, 3.05) is 14.1 Å². The molecule has 0 heterocycles. The molecule has 0 aliphatic heterocycles. The fraction of sp³-hybridized carbons (Fsp3) is 0.526. The Kier molecular flexibility index (Phi) is 6.58. The standard InChI is InChI=1S/C19H27NO2S/c1-4-17(15-11-7-5-8-12-15)18(19(21)20(2)3)23(22)16-13-9-6-10-14-16/h4-5,7-8,11-12,16-18H,1,6,9-10,13-14H2,2-3H3/t17-,18-,23-/m0/s1. The van der Waals surface area contributed by atoms with E-state index < -0.39 is 16.0 Å². The van der Waals surface area contributed by atoms with Gasteiger partial charge >= 0.3 is 0 Å². The number of nitrogens with zero attached hydrogens (tertiary/aromatic N) is 1. The van der Waals surface area contributed by atoms with Gasteiger partial charge < -0.3 is 4.90 Å². The van der Waals surface area contributed by atoms with Crippen LogP contribution in [0.4, 0.5) is 0 Å². The second-order valence-corrected chi connectivity index (χ2v) is 8.25. The number of carbonyl (C=O) groups excluding carboxylic acids is 1. The number of rotatable bonds is 6. The van der Waals surface area contributed by atoms with Crippen LogP contribution in [0.5, 0.6) is 0 Å². The second kappa shape index (κ2) is 8.44.